The molecule has 0 aliphatic rings. The molecular formula is C15H13F2N3O. The molecule has 0 fully saturated rings. The van der Waals surface area contributed by atoms with Gasteiger partial charge in [-0.15, -0.1) is 0 Å². The zero-order valence-electron chi connectivity index (χ0n) is 11.2. The first-order chi connectivity index (χ1) is 9.97. The van der Waals surface area contributed by atoms with Gasteiger partial charge in [0.2, 0.25) is 0 Å². The van der Waals surface area contributed by atoms with E-state index in [1.54, 1.807) is 29.7 Å². The van der Waals surface area contributed by atoms with Gasteiger partial charge >= 0.3 is 0 Å². The summed E-state index contributed by atoms with van der Waals surface area (Å²) in [6, 6.07) is 8.62. The Morgan fingerprint density at radius 2 is 1.90 bits per heavy atom. The summed E-state index contributed by atoms with van der Waals surface area (Å²) in [6.07, 6.45) is -0.869. The highest BCUT2D eigenvalue weighted by Crippen LogP contribution is 2.27. The molecule has 0 amide bonds. The van der Waals surface area contributed by atoms with Gasteiger partial charge in [-0.1, -0.05) is 0 Å². The lowest BCUT2D eigenvalue weighted by atomic mass is 10.2. The molecule has 4 nitrogen and oxygen atoms in total. The summed E-state index contributed by atoms with van der Waals surface area (Å²) in [6.45, 7) is 1.56. The highest BCUT2D eigenvalue weighted by atomic mass is 19.2. The molecule has 21 heavy (non-hydrogen) atoms. The third-order valence-electron chi connectivity index (χ3n) is 3.24. The van der Waals surface area contributed by atoms with Gasteiger partial charge in [0.15, 0.2) is 11.6 Å². The molecule has 2 aromatic carbocycles. The van der Waals surface area contributed by atoms with Crippen molar-refractivity contribution < 1.29 is 13.9 Å². The van der Waals surface area contributed by atoms with Gasteiger partial charge in [0, 0.05) is 11.8 Å². The van der Waals surface area contributed by atoms with Crippen molar-refractivity contribution in [2.24, 2.45) is 0 Å². The van der Waals surface area contributed by atoms with Crippen LogP contribution in [0, 0.1) is 11.6 Å². The average Bonchev–Trinajstić information content (AvgIpc) is 2.80. The lowest BCUT2D eigenvalue weighted by Gasteiger charge is -2.11. The summed E-state index contributed by atoms with van der Waals surface area (Å²) in [7, 11) is 0. The minimum Gasteiger partial charge on any atom is -0.399 e. The van der Waals surface area contributed by atoms with E-state index in [0.717, 1.165) is 12.1 Å². The fraction of sp³-hybridized carbons (Fsp3) is 0.133. The molecule has 0 aliphatic carbocycles. The molecule has 1 heterocycles. The number of aliphatic hydroxyl groups is 1. The van der Waals surface area contributed by atoms with E-state index in [1.807, 2.05) is 0 Å². The van der Waals surface area contributed by atoms with E-state index in [0.29, 0.717) is 28.2 Å². The van der Waals surface area contributed by atoms with Crippen LogP contribution in [0.1, 0.15) is 18.9 Å². The SMILES string of the molecule is CC(O)c1nc2cc(N)ccc2n1-c1ccc(F)c(F)c1. The summed E-state index contributed by atoms with van der Waals surface area (Å²) in [5.74, 6) is -1.55. The monoisotopic (exact) mass is 289 g/mol. The summed E-state index contributed by atoms with van der Waals surface area (Å²) in [4.78, 5) is 4.32. The molecule has 0 aliphatic heterocycles. The highest BCUT2D eigenvalue weighted by molar-refractivity contribution is 5.81. The largest absolute Gasteiger partial charge is 0.399 e. The predicted octanol–water partition coefficient (Wildman–Crippen LogP) is 2.94. The van der Waals surface area contributed by atoms with Crippen LogP contribution >= 0.6 is 0 Å². The lowest BCUT2D eigenvalue weighted by Crippen LogP contribution is -2.05. The number of imidazole rings is 1. The Hall–Kier alpha value is -2.47. The van der Waals surface area contributed by atoms with Crippen molar-refractivity contribution in [3.8, 4) is 5.69 Å². The molecule has 3 aromatic rings. The minimum absolute atomic E-state index is 0.335. The van der Waals surface area contributed by atoms with Crippen molar-refractivity contribution in [2.45, 2.75) is 13.0 Å². The second-order valence-electron chi connectivity index (χ2n) is 4.83. The number of rotatable bonds is 2. The van der Waals surface area contributed by atoms with Crippen LogP contribution in [-0.4, -0.2) is 14.7 Å². The fourth-order valence-electron chi connectivity index (χ4n) is 2.29. The number of halogens is 2. The van der Waals surface area contributed by atoms with Crippen LogP contribution in [0.25, 0.3) is 16.7 Å². The zero-order valence-corrected chi connectivity index (χ0v) is 11.2. The van der Waals surface area contributed by atoms with Crippen molar-refractivity contribution in [1.82, 2.24) is 9.55 Å². The van der Waals surface area contributed by atoms with Gasteiger partial charge in [0.1, 0.15) is 11.9 Å². The van der Waals surface area contributed by atoms with E-state index in [-0.39, 0.29) is 0 Å². The Labute approximate surface area is 119 Å². The van der Waals surface area contributed by atoms with E-state index >= 15 is 0 Å². The molecule has 108 valence electrons. The van der Waals surface area contributed by atoms with Gasteiger partial charge in [-0.3, -0.25) is 4.57 Å². The molecule has 1 aromatic heterocycles. The number of aliphatic hydroxyl groups excluding tert-OH is 1. The minimum atomic E-state index is -0.957. The molecule has 1 atom stereocenters. The molecular weight excluding hydrogens is 276 g/mol. The normalized spacial score (nSPS) is 12.8. The maximum Gasteiger partial charge on any atom is 0.160 e. The van der Waals surface area contributed by atoms with Gasteiger partial charge < -0.3 is 10.8 Å². The first-order valence-corrected chi connectivity index (χ1v) is 6.38. The quantitative estimate of drug-likeness (QED) is 0.713. The van der Waals surface area contributed by atoms with Gasteiger partial charge in [0.25, 0.3) is 0 Å². The van der Waals surface area contributed by atoms with E-state index in [4.69, 9.17) is 5.73 Å². The number of aromatic nitrogens is 2. The van der Waals surface area contributed by atoms with Gasteiger partial charge in [0.05, 0.1) is 16.7 Å². The molecule has 0 saturated heterocycles. The second kappa shape index (κ2) is 4.82. The number of anilines is 1. The van der Waals surface area contributed by atoms with Crippen LogP contribution in [0.2, 0.25) is 0 Å². The standard InChI is InChI=1S/C15H13F2N3O/c1-8(21)15-19-13-6-9(18)2-5-14(13)20(15)10-3-4-11(16)12(17)7-10/h2-8,21H,18H2,1H3. The van der Waals surface area contributed by atoms with Crippen molar-refractivity contribution in [3.05, 3.63) is 53.9 Å². The van der Waals surface area contributed by atoms with Crippen LogP contribution in [-0.2, 0) is 0 Å². The van der Waals surface area contributed by atoms with Crippen molar-refractivity contribution >= 4 is 16.7 Å². The van der Waals surface area contributed by atoms with E-state index < -0.39 is 17.7 Å². The number of benzene rings is 2. The molecule has 1 unspecified atom stereocenters. The smallest absolute Gasteiger partial charge is 0.160 e. The van der Waals surface area contributed by atoms with Crippen molar-refractivity contribution in [3.63, 3.8) is 0 Å². The van der Waals surface area contributed by atoms with E-state index in [2.05, 4.69) is 4.98 Å². The first-order valence-electron chi connectivity index (χ1n) is 6.38. The summed E-state index contributed by atoms with van der Waals surface area (Å²) < 4.78 is 28.2. The number of hydrogen-bond acceptors (Lipinski definition) is 3. The Balaban J connectivity index is 2.33. The molecule has 3 N–H and O–H groups in total. The third-order valence-corrected chi connectivity index (χ3v) is 3.24. The molecule has 6 heteroatoms. The number of fused-ring (bicyclic) bond motifs is 1. The van der Waals surface area contributed by atoms with Gasteiger partial charge in [-0.2, -0.15) is 0 Å². The van der Waals surface area contributed by atoms with Crippen LogP contribution in [0.5, 0.6) is 0 Å². The van der Waals surface area contributed by atoms with Gasteiger partial charge in [-0.25, -0.2) is 13.8 Å². The van der Waals surface area contributed by atoms with Crippen LogP contribution in [0.15, 0.2) is 36.4 Å². The topological polar surface area (TPSA) is 64.1 Å². The molecule has 0 saturated carbocycles. The Morgan fingerprint density at radius 3 is 2.57 bits per heavy atom. The number of nitrogens with zero attached hydrogens (tertiary/aromatic N) is 2. The molecule has 3 rings (SSSR count). The maximum atomic E-state index is 13.5. The molecule has 0 radical (unpaired) electrons. The number of nitrogens with two attached hydrogens (primary N) is 1. The summed E-state index contributed by atoms with van der Waals surface area (Å²) in [5, 5.41) is 9.88. The number of nitrogen functional groups attached to an aromatic ring is 1. The fourth-order valence-corrected chi connectivity index (χ4v) is 2.29. The van der Waals surface area contributed by atoms with Gasteiger partial charge in [-0.05, 0) is 37.3 Å². The summed E-state index contributed by atoms with van der Waals surface area (Å²) >= 11 is 0. The van der Waals surface area contributed by atoms with Crippen molar-refractivity contribution in [1.29, 1.82) is 0 Å². The lowest BCUT2D eigenvalue weighted by molar-refractivity contribution is 0.187. The van der Waals surface area contributed by atoms with E-state index in [1.165, 1.54) is 6.07 Å². The van der Waals surface area contributed by atoms with Crippen LogP contribution < -0.4 is 5.73 Å². The predicted molar refractivity (Wildman–Crippen MR) is 76.0 cm³/mol. The Bertz CT molecular complexity index is 827. The molecule has 0 bridgehead atoms. The highest BCUT2D eigenvalue weighted by Gasteiger charge is 2.17. The Morgan fingerprint density at radius 1 is 1.14 bits per heavy atom. The third kappa shape index (κ3) is 2.23. The van der Waals surface area contributed by atoms with Crippen LogP contribution in [0.4, 0.5) is 14.5 Å². The van der Waals surface area contributed by atoms with Crippen LogP contribution in [0.3, 0.4) is 0 Å². The van der Waals surface area contributed by atoms with Crippen molar-refractivity contribution in [2.75, 3.05) is 5.73 Å². The Kier molecular flexibility index (Phi) is 3.10. The number of hydrogen-bond donors (Lipinski definition) is 2. The average molecular weight is 289 g/mol. The first kappa shape index (κ1) is 13.5. The molecule has 0 spiro atoms. The second-order valence-corrected chi connectivity index (χ2v) is 4.83. The summed E-state index contributed by atoms with van der Waals surface area (Å²) in [5.41, 5.74) is 7.88. The zero-order chi connectivity index (χ0) is 15.1. The van der Waals surface area contributed by atoms with E-state index in [9.17, 15) is 13.9 Å². The maximum absolute atomic E-state index is 13.5.